The molecule has 1 aliphatic carbocycles. The molecule has 0 heterocycles. The van der Waals surface area contributed by atoms with E-state index in [0.29, 0.717) is 17.4 Å². The summed E-state index contributed by atoms with van der Waals surface area (Å²) in [5.74, 6) is 1.31. The molecule has 1 amide bonds. The molecule has 0 atom stereocenters. The fourth-order valence-electron chi connectivity index (χ4n) is 4.43. The van der Waals surface area contributed by atoms with E-state index in [2.05, 4.69) is 25.2 Å². The maximum absolute atomic E-state index is 12.5. The summed E-state index contributed by atoms with van der Waals surface area (Å²) in [6.07, 6.45) is 4.85. The summed E-state index contributed by atoms with van der Waals surface area (Å²) in [5, 5.41) is 5.02. The van der Waals surface area contributed by atoms with Crippen molar-refractivity contribution in [3.8, 4) is 5.75 Å². The Labute approximate surface area is 200 Å². The predicted molar refractivity (Wildman–Crippen MR) is 139 cm³/mol. The van der Waals surface area contributed by atoms with Crippen molar-refractivity contribution in [3.05, 3.63) is 36.4 Å². The molecule has 2 aromatic carbocycles. The number of anilines is 1. The molecular weight excluding hydrogens is 430 g/mol. The van der Waals surface area contributed by atoms with Crippen LogP contribution in [0.25, 0.3) is 10.8 Å². The third kappa shape index (κ3) is 6.97. The molecule has 0 saturated heterocycles. The Balaban J connectivity index is 1.71. The number of amides is 1. The first kappa shape index (κ1) is 25.6. The van der Waals surface area contributed by atoms with Crippen LogP contribution in [0.1, 0.15) is 66.7 Å². The molecule has 182 valence electrons. The fraction of sp³-hybridized carbons (Fsp3) is 0.593. The monoisotopic (exact) mass is 471 g/mol. The van der Waals surface area contributed by atoms with Gasteiger partial charge in [0.1, 0.15) is 11.4 Å². The number of nitrogens with one attached hydrogen (secondary N) is 1. The van der Waals surface area contributed by atoms with Crippen LogP contribution in [0.15, 0.2) is 36.4 Å². The molecule has 6 heteroatoms. The fourth-order valence-corrected chi connectivity index (χ4v) is 5.22. The highest BCUT2D eigenvalue weighted by Crippen LogP contribution is 2.45. The van der Waals surface area contributed by atoms with Gasteiger partial charge in [-0.1, -0.05) is 38.1 Å². The summed E-state index contributed by atoms with van der Waals surface area (Å²) in [5.41, 5.74) is 0.0688. The average molecular weight is 472 g/mol. The maximum atomic E-state index is 12.5. The number of hydrogen-bond acceptors (Lipinski definition) is 4. The van der Waals surface area contributed by atoms with Crippen LogP contribution in [0.3, 0.4) is 0 Å². The van der Waals surface area contributed by atoms with Crippen LogP contribution in [-0.2, 0) is 4.74 Å². The highest BCUT2D eigenvalue weighted by molar-refractivity contribution is 6.72. The van der Waals surface area contributed by atoms with Crippen molar-refractivity contribution >= 4 is 30.9 Å². The van der Waals surface area contributed by atoms with E-state index < -0.39 is 20.0 Å². The first-order chi connectivity index (χ1) is 15.2. The van der Waals surface area contributed by atoms with E-state index in [0.717, 1.165) is 42.9 Å². The van der Waals surface area contributed by atoms with Gasteiger partial charge in [0.15, 0.2) is 8.32 Å². The van der Waals surface area contributed by atoms with E-state index >= 15 is 0 Å². The summed E-state index contributed by atoms with van der Waals surface area (Å²) < 4.78 is 11.9. The smallest absolute Gasteiger partial charge is 0.412 e. The van der Waals surface area contributed by atoms with Gasteiger partial charge in [0.05, 0.1) is 11.8 Å². The van der Waals surface area contributed by atoms with Gasteiger partial charge in [-0.3, -0.25) is 5.32 Å². The standard InChI is InChI=1S/C27H41NO4Si/c1-26(2,3)32-25(29)28-23-16-20-10-8-9-11-21(20)17-24(23)31-22-14-12-19(13-15-22)18-27(4,5)33(6,7)30/h8-11,16-17,19,22,30H,12-15,18H2,1-7H3,(H,28,29). The number of fused-ring (bicyclic) bond motifs is 1. The van der Waals surface area contributed by atoms with Crippen LogP contribution >= 0.6 is 0 Å². The molecule has 5 nitrogen and oxygen atoms in total. The number of carbonyl (C=O) groups excluding carboxylic acids is 1. The molecule has 0 bridgehead atoms. The van der Waals surface area contributed by atoms with Gasteiger partial charge in [-0.05, 0) is 99.8 Å². The second-order valence-electron chi connectivity index (χ2n) is 11.7. The lowest BCUT2D eigenvalue weighted by molar-refractivity contribution is 0.0634. The van der Waals surface area contributed by atoms with E-state index in [9.17, 15) is 9.59 Å². The first-order valence-electron chi connectivity index (χ1n) is 12.2. The normalized spacial score (nSPS) is 19.9. The number of hydrogen-bond donors (Lipinski definition) is 2. The lowest BCUT2D eigenvalue weighted by atomic mass is 9.82. The molecular formula is C27H41NO4Si. The molecule has 1 aliphatic rings. The van der Waals surface area contributed by atoms with E-state index in [4.69, 9.17) is 9.47 Å². The molecule has 0 unspecified atom stereocenters. The summed E-state index contributed by atoms with van der Waals surface area (Å²) in [4.78, 5) is 23.1. The third-order valence-electron chi connectivity index (χ3n) is 7.03. The zero-order valence-electron chi connectivity index (χ0n) is 21.3. The van der Waals surface area contributed by atoms with Crippen molar-refractivity contribution in [2.45, 2.75) is 96.6 Å². The van der Waals surface area contributed by atoms with Crippen LogP contribution in [0.4, 0.5) is 10.5 Å². The van der Waals surface area contributed by atoms with Crippen LogP contribution in [0.2, 0.25) is 18.1 Å². The Morgan fingerprint density at radius 3 is 2.15 bits per heavy atom. The minimum atomic E-state index is -2.20. The van der Waals surface area contributed by atoms with Gasteiger partial charge in [0, 0.05) is 0 Å². The largest absolute Gasteiger partial charge is 0.488 e. The summed E-state index contributed by atoms with van der Waals surface area (Å²) in [6, 6.07) is 12.0. The highest BCUT2D eigenvalue weighted by Gasteiger charge is 2.40. The topological polar surface area (TPSA) is 67.8 Å². The maximum Gasteiger partial charge on any atom is 0.412 e. The summed E-state index contributed by atoms with van der Waals surface area (Å²) in [6.45, 7) is 14.1. The quantitative estimate of drug-likeness (QED) is 0.428. The Kier molecular flexibility index (Phi) is 7.49. The molecule has 0 radical (unpaired) electrons. The van der Waals surface area contributed by atoms with Gasteiger partial charge in [-0.2, -0.15) is 0 Å². The third-order valence-corrected chi connectivity index (χ3v) is 10.5. The summed E-state index contributed by atoms with van der Waals surface area (Å²) >= 11 is 0. The minimum Gasteiger partial charge on any atom is -0.488 e. The minimum absolute atomic E-state index is 0.00815. The van der Waals surface area contributed by atoms with E-state index in [1.54, 1.807) is 0 Å². The average Bonchev–Trinajstić information content (AvgIpc) is 2.67. The van der Waals surface area contributed by atoms with Crippen LogP contribution in [-0.4, -0.2) is 30.9 Å². The zero-order chi connectivity index (χ0) is 24.4. The molecule has 3 rings (SSSR count). The second kappa shape index (κ2) is 9.67. The number of benzene rings is 2. The van der Waals surface area contributed by atoms with Gasteiger partial charge in [0.2, 0.25) is 0 Å². The van der Waals surface area contributed by atoms with Crippen molar-refractivity contribution in [1.82, 2.24) is 0 Å². The Morgan fingerprint density at radius 2 is 1.61 bits per heavy atom. The van der Waals surface area contributed by atoms with Gasteiger partial charge in [-0.15, -0.1) is 0 Å². The van der Waals surface area contributed by atoms with Gasteiger partial charge < -0.3 is 14.3 Å². The predicted octanol–water partition coefficient (Wildman–Crippen LogP) is 7.49. The van der Waals surface area contributed by atoms with Gasteiger partial charge in [-0.25, -0.2) is 4.79 Å². The van der Waals surface area contributed by atoms with Crippen LogP contribution in [0.5, 0.6) is 5.75 Å². The van der Waals surface area contributed by atoms with Crippen molar-refractivity contribution in [1.29, 1.82) is 0 Å². The number of ether oxygens (including phenoxy) is 2. The van der Waals surface area contributed by atoms with Crippen LogP contribution in [0, 0.1) is 5.92 Å². The SMILES string of the molecule is CC(C)(C)OC(=O)Nc1cc2ccccc2cc1OC1CCC(CC(C)(C)[Si](C)(C)O)CC1. The molecule has 2 aromatic rings. The van der Waals surface area contributed by atoms with Crippen molar-refractivity contribution in [2.75, 3.05) is 5.32 Å². The first-order valence-corrected chi connectivity index (χ1v) is 15.1. The van der Waals surface area contributed by atoms with Crippen LogP contribution < -0.4 is 10.1 Å². The lowest BCUT2D eigenvalue weighted by Gasteiger charge is -2.40. The van der Waals surface area contributed by atoms with E-state index in [-0.39, 0.29) is 11.1 Å². The molecule has 2 N–H and O–H groups in total. The molecule has 0 aromatic heterocycles. The summed E-state index contributed by atoms with van der Waals surface area (Å²) in [7, 11) is -2.20. The van der Waals surface area contributed by atoms with Gasteiger partial charge in [0.25, 0.3) is 0 Å². The molecule has 1 fully saturated rings. The Morgan fingerprint density at radius 1 is 1.03 bits per heavy atom. The Hall–Kier alpha value is -2.05. The zero-order valence-corrected chi connectivity index (χ0v) is 22.3. The number of rotatable bonds is 6. The lowest BCUT2D eigenvalue weighted by Crippen LogP contribution is -2.40. The van der Waals surface area contributed by atoms with Crippen molar-refractivity contribution < 1.29 is 19.1 Å². The highest BCUT2D eigenvalue weighted by atomic mass is 28.4. The van der Waals surface area contributed by atoms with Crippen molar-refractivity contribution in [3.63, 3.8) is 0 Å². The van der Waals surface area contributed by atoms with E-state index in [1.807, 2.05) is 64.2 Å². The molecule has 0 spiro atoms. The number of carbonyl (C=O) groups is 1. The molecule has 0 aliphatic heterocycles. The molecule has 33 heavy (non-hydrogen) atoms. The molecule has 1 saturated carbocycles. The second-order valence-corrected chi connectivity index (χ2v) is 16.2. The van der Waals surface area contributed by atoms with Crippen molar-refractivity contribution in [2.24, 2.45) is 5.92 Å². The van der Waals surface area contributed by atoms with Gasteiger partial charge >= 0.3 is 6.09 Å². The van der Waals surface area contributed by atoms with E-state index in [1.165, 1.54) is 0 Å². The Bertz CT molecular complexity index is 966.